The van der Waals surface area contributed by atoms with Crippen LogP contribution in [0.5, 0.6) is 0 Å². The fourth-order valence-corrected chi connectivity index (χ4v) is 3.84. The molecule has 0 radical (unpaired) electrons. The van der Waals surface area contributed by atoms with Crippen molar-refractivity contribution in [3.8, 4) is 0 Å². The molecule has 0 amide bonds. The van der Waals surface area contributed by atoms with Crippen molar-refractivity contribution >= 4 is 17.3 Å². The Morgan fingerprint density at radius 1 is 1.18 bits per heavy atom. The molecule has 2 N–H and O–H groups in total. The standard InChI is InChI=1S/C22H29N5S/c1-4-24-21(26-16-22(2,3)20-9-6-12-28-20)25-14-18-7-5-8-19(13-18)15-27-11-10-23-17-27/h5-13,17H,4,14-16H2,1-3H3,(H2,24,25,26). The van der Waals surface area contributed by atoms with Crippen LogP contribution in [0.2, 0.25) is 0 Å². The summed E-state index contributed by atoms with van der Waals surface area (Å²) in [4.78, 5) is 10.3. The van der Waals surface area contributed by atoms with Crippen LogP contribution in [0, 0.1) is 0 Å². The third kappa shape index (κ3) is 5.70. The second kappa shape index (κ2) is 9.55. The predicted octanol–water partition coefficient (Wildman–Crippen LogP) is 4.03. The fraction of sp³-hybridized carbons (Fsp3) is 0.364. The van der Waals surface area contributed by atoms with E-state index in [2.05, 4.69) is 82.7 Å². The van der Waals surface area contributed by atoms with Gasteiger partial charge in [0.1, 0.15) is 0 Å². The van der Waals surface area contributed by atoms with Gasteiger partial charge >= 0.3 is 0 Å². The lowest BCUT2D eigenvalue weighted by atomic mass is 9.91. The minimum absolute atomic E-state index is 0.0646. The van der Waals surface area contributed by atoms with Gasteiger partial charge in [-0.3, -0.25) is 0 Å². The highest BCUT2D eigenvalue weighted by atomic mass is 32.1. The average Bonchev–Trinajstić information content (AvgIpc) is 3.39. The number of thiophene rings is 1. The summed E-state index contributed by atoms with van der Waals surface area (Å²) in [5.41, 5.74) is 2.52. The lowest BCUT2D eigenvalue weighted by Gasteiger charge is -2.25. The van der Waals surface area contributed by atoms with E-state index in [9.17, 15) is 0 Å². The van der Waals surface area contributed by atoms with Gasteiger partial charge in [0.2, 0.25) is 0 Å². The maximum atomic E-state index is 4.78. The maximum Gasteiger partial charge on any atom is 0.191 e. The molecule has 0 saturated carbocycles. The molecule has 0 atom stereocenters. The molecule has 0 spiro atoms. The number of nitrogens with zero attached hydrogens (tertiary/aromatic N) is 3. The summed E-state index contributed by atoms with van der Waals surface area (Å²) in [7, 11) is 0. The zero-order valence-electron chi connectivity index (χ0n) is 16.9. The molecular formula is C22H29N5S. The van der Waals surface area contributed by atoms with Crippen molar-refractivity contribution in [2.75, 3.05) is 13.1 Å². The first-order valence-electron chi connectivity index (χ1n) is 9.66. The van der Waals surface area contributed by atoms with Crippen molar-refractivity contribution < 1.29 is 0 Å². The van der Waals surface area contributed by atoms with Crippen LogP contribution in [0.15, 0.2) is 65.5 Å². The number of aromatic nitrogens is 2. The van der Waals surface area contributed by atoms with E-state index in [1.807, 2.05) is 12.5 Å². The fourth-order valence-electron chi connectivity index (χ4n) is 2.99. The summed E-state index contributed by atoms with van der Waals surface area (Å²) in [6, 6.07) is 12.9. The van der Waals surface area contributed by atoms with Crippen LogP contribution in [-0.4, -0.2) is 28.6 Å². The number of aliphatic imine (C=N–C) groups is 1. The van der Waals surface area contributed by atoms with Crippen LogP contribution in [0.3, 0.4) is 0 Å². The molecule has 0 unspecified atom stereocenters. The number of rotatable bonds is 8. The molecule has 0 aliphatic carbocycles. The summed E-state index contributed by atoms with van der Waals surface area (Å²) in [5.74, 6) is 0.854. The van der Waals surface area contributed by atoms with Crippen molar-refractivity contribution in [1.82, 2.24) is 20.2 Å². The van der Waals surface area contributed by atoms with E-state index in [0.717, 1.165) is 25.6 Å². The Hall–Kier alpha value is -2.60. The van der Waals surface area contributed by atoms with E-state index in [1.54, 1.807) is 17.5 Å². The minimum Gasteiger partial charge on any atom is -0.357 e. The van der Waals surface area contributed by atoms with Crippen molar-refractivity contribution in [3.05, 3.63) is 76.5 Å². The lowest BCUT2D eigenvalue weighted by molar-refractivity contribution is 0.518. The van der Waals surface area contributed by atoms with Gasteiger partial charge in [-0.05, 0) is 29.5 Å². The summed E-state index contributed by atoms with van der Waals surface area (Å²) < 4.78 is 2.07. The van der Waals surface area contributed by atoms with Crippen LogP contribution < -0.4 is 10.6 Å². The third-order valence-electron chi connectivity index (χ3n) is 4.57. The molecular weight excluding hydrogens is 366 g/mol. The predicted molar refractivity (Wildman–Crippen MR) is 118 cm³/mol. The largest absolute Gasteiger partial charge is 0.357 e. The van der Waals surface area contributed by atoms with Gasteiger partial charge < -0.3 is 15.2 Å². The molecule has 148 valence electrons. The van der Waals surface area contributed by atoms with Gasteiger partial charge in [0.05, 0.1) is 12.9 Å². The zero-order valence-corrected chi connectivity index (χ0v) is 17.7. The molecule has 0 fully saturated rings. The second-order valence-corrected chi connectivity index (χ2v) is 8.41. The third-order valence-corrected chi connectivity index (χ3v) is 5.80. The summed E-state index contributed by atoms with van der Waals surface area (Å²) in [6.07, 6.45) is 5.63. The lowest BCUT2D eigenvalue weighted by Crippen LogP contribution is -2.43. The van der Waals surface area contributed by atoms with Gasteiger partial charge in [-0.1, -0.05) is 44.2 Å². The topological polar surface area (TPSA) is 54.2 Å². The molecule has 2 aromatic heterocycles. The van der Waals surface area contributed by atoms with Crippen molar-refractivity contribution in [2.24, 2.45) is 4.99 Å². The number of hydrogen-bond acceptors (Lipinski definition) is 3. The molecule has 3 rings (SSSR count). The van der Waals surface area contributed by atoms with E-state index in [-0.39, 0.29) is 5.41 Å². The summed E-state index contributed by atoms with van der Waals surface area (Å²) in [6.45, 7) is 9.75. The van der Waals surface area contributed by atoms with Crippen LogP contribution in [-0.2, 0) is 18.5 Å². The smallest absolute Gasteiger partial charge is 0.191 e. The normalized spacial score (nSPS) is 12.2. The number of benzene rings is 1. The monoisotopic (exact) mass is 395 g/mol. The highest BCUT2D eigenvalue weighted by Crippen LogP contribution is 2.26. The van der Waals surface area contributed by atoms with Crippen LogP contribution in [0.4, 0.5) is 0 Å². The summed E-state index contributed by atoms with van der Waals surface area (Å²) >= 11 is 1.80. The van der Waals surface area contributed by atoms with Crippen molar-refractivity contribution in [3.63, 3.8) is 0 Å². The molecule has 6 heteroatoms. The van der Waals surface area contributed by atoms with E-state index < -0.39 is 0 Å². The molecule has 0 saturated heterocycles. The molecule has 1 aromatic carbocycles. The van der Waals surface area contributed by atoms with Crippen LogP contribution >= 0.6 is 11.3 Å². The average molecular weight is 396 g/mol. The molecule has 0 bridgehead atoms. The molecule has 0 aliphatic heterocycles. The number of hydrogen-bond donors (Lipinski definition) is 2. The van der Waals surface area contributed by atoms with Gasteiger partial charge in [0, 0.05) is 42.3 Å². The van der Waals surface area contributed by atoms with E-state index in [0.29, 0.717) is 6.54 Å². The summed E-state index contributed by atoms with van der Waals surface area (Å²) in [5, 5.41) is 8.99. The molecule has 28 heavy (non-hydrogen) atoms. The SMILES string of the molecule is CCNC(=NCc1cccc(Cn2ccnc2)c1)NCC(C)(C)c1cccs1. The first-order chi connectivity index (χ1) is 13.6. The molecule has 2 heterocycles. The molecule has 3 aromatic rings. The van der Waals surface area contributed by atoms with Gasteiger partial charge in [0.15, 0.2) is 5.96 Å². The zero-order chi connectivity index (χ0) is 19.8. The number of guanidine groups is 1. The Bertz CT molecular complexity index is 866. The maximum absolute atomic E-state index is 4.78. The van der Waals surface area contributed by atoms with Crippen molar-refractivity contribution in [2.45, 2.75) is 39.3 Å². The Kier molecular flexibility index (Phi) is 6.87. The quantitative estimate of drug-likeness (QED) is 0.447. The Morgan fingerprint density at radius 2 is 2.04 bits per heavy atom. The number of imidazole rings is 1. The highest BCUT2D eigenvalue weighted by Gasteiger charge is 2.21. The van der Waals surface area contributed by atoms with Gasteiger partial charge in [-0.2, -0.15) is 0 Å². The minimum atomic E-state index is 0.0646. The first kappa shape index (κ1) is 20.1. The van der Waals surface area contributed by atoms with Crippen molar-refractivity contribution in [1.29, 1.82) is 0 Å². The van der Waals surface area contributed by atoms with E-state index in [1.165, 1.54) is 16.0 Å². The molecule has 5 nitrogen and oxygen atoms in total. The second-order valence-electron chi connectivity index (χ2n) is 7.46. The van der Waals surface area contributed by atoms with E-state index >= 15 is 0 Å². The molecule has 0 aliphatic rings. The Labute approximate surface area is 171 Å². The van der Waals surface area contributed by atoms with E-state index in [4.69, 9.17) is 4.99 Å². The van der Waals surface area contributed by atoms with Crippen LogP contribution in [0.25, 0.3) is 0 Å². The highest BCUT2D eigenvalue weighted by molar-refractivity contribution is 7.10. The Morgan fingerprint density at radius 3 is 2.75 bits per heavy atom. The Balaban J connectivity index is 1.62. The number of nitrogens with one attached hydrogen (secondary N) is 2. The van der Waals surface area contributed by atoms with Crippen LogP contribution in [0.1, 0.15) is 36.8 Å². The first-order valence-corrected chi connectivity index (χ1v) is 10.5. The van der Waals surface area contributed by atoms with Gasteiger partial charge in [-0.25, -0.2) is 9.98 Å². The van der Waals surface area contributed by atoms with Gasteiger partial charge in [0.25, 0.3) is 0 Å². The van der Waals surface area contributed by atoms with Gasteiger partial charge in [-0.15, -0.1) is 11.3 Å².